The Kier molecular flexibility index (Phi) is 6.38. The monoisotopic (exact) mass is 401 g/mol. The predicted octanol–water partition coefficient (Wildman–Crippen LogP) is 2.94. The number of nitrogens with two attached hydrogens (primary N) is 2. The van der Waals surface area contributed by atoms with Crippen molar-refractivity contribution in [1.29, 1.82) is 0 Å². The second kappa shape index (κ2) is 8.95. The zero-order valence-electron chi connectivity index (χ0n) is 16.8. The van der Waals surface area contributed by atoms with Gasteiger partial charge < -0.3 is 20.9 Å². The Morgan fingerprint density at radius 1 is 1.24 bits per heavy atom. The molecule has 0 unspecified atom stereocenters. The molecule has 0 atom stereocenters. The lowest BCUT2D eigenvalue weighted by atomic mass is 9.88. The number of benzene rings is 1. The maximum Gasteiger partial charge on any atom is 0.314 e. The van der Waals surface area contributed by atoms with Crippen molar-refractivity contribution in [2.75, 3.05) is 38.3 Å². The van der Waals surface area contributed by atoms with Crippen LogP contribution in [0.4, 0.5) is 17.3 Å². The molecule has 3 rings (SSSR count). The molecule has 4 N–H and O–H groups in total. The summed E-state index contributed by atoms with van der Waals surface area (Å²) in [6.07, 6.45) is 1.58. The lowest BCUT2D eigenvalue weighted by molar-refractivity contribution is -0.385. The van der Waals surface area contributed by atoms with Crippen molar-refractivity contribution in [1.82, 2.24) is 9.88 Å². The number of nitrogens with zero attached hydrogens (tertiary/aromatic N) is 3. The van der Waals surface area contributed by atoms with Crippen LogP contribution < -0.4 is 20.9 Å². The molecule has 0 bridgehead atoms. The van der Waals surface area contributed by atoms with E-state index in [1.54, 1.807) is 13.2 Å². The van der Waals surface area contributed by atoms with Gasteiger partial charge in [0.15, 0.2) is 11.5 Å². The molecule has 9 heteroatoms. The van der Waals surface area contributed by atoms with Crippen molar-refractivity contribution in [3.8, 4) is 11.5 Å². The van der Waals surface area contributed by atoms with Crippen LogP contribution in [0.1, 0.15) is 36.8 Å². The molecule has 0 radical (unpaired) electrons. The van der Waals surface area contributed by atoms with Crippen LogP contribution in [0.2, 0.25) is 0 Å². The lowest BCUT2D eigenvalue weighted by Crippen LogP contribution is -2.32. The van der Waals surface area contributed by atoms with Crippen LogP contribution in [0.15, 0.2) is 24.3 Å². The van der Waals surface area contributed by atoms with E-state index in [0.29, 0.717) is 12.2 Å². The number of piperidine rings is 1. The number of likely N-dealkylation sites (tertiary alicyclic amines) is 1. The highest BCUT2D eigenvalue weighted by molar-refractivity contribution is 5.62. The van der Waals surface area contributed by atoms with Crippen molar-refractivity contribution in [2.24, 2.45) is 0 Å². The minimum atomic E-state index is -0.462. The SMILES string of the molecule is CCOc1cc(CN2CCC(c3cc(N)nc(N)c3[N+](=O)[O-])CC2)ccc1OC. The van der Waals surface area contributed by atoms with E-state index in [9.17, 15) is 10.1 Å². The van der Waals surface area contributed by atoms with Crippen LogP contribution in [-0.4, -0.2) is 41.6 Å². The number of ether oxygens (including phenoxy) is 2. The maximum absolute atomic E-state index is 11.5. The predicted molar refractivity (Wildman–Crippen MR) is 111 cm³/mol. The first-order valence-electron chi connectivity index (χ1n) is 9.65. The molecule has 0 amide bonds. The molecule has 9 nitrogen and oxygen atoms in total. The molecule has 1 aliphatic heterocycles. The molecular formula is C20H27N5O4. The van der Waals surface area contributed by atoms with Gasteiger partial charge in [-0.3, -0.25) is 15.0 Å². The Balaban J connectivity index is 1.69. The Bertz CT molecular complexity index is 881. The van der Waals surface area contributed by atoms with Gasteiger partial charge in [-0.1, -0.05) is 6.07 Å². The van der Waals surface area contributed by atoms with Crippen molar-refractivity contribution in [3.63, 3.8) is 0 Å². The van der Waals surface area contributed by atoms with Crippen LogP contribution in [0.25, 0.3) is 0 Å². The van der Waals surface area contributed by atoms with E-state index in [0.717, 1.165) is 49.5 Å². The van der Waals surface area contributed by atoms with E-state index in [1.165, 1.54) is 0 Å². The zero-order chi connectivity index (χ0) is 21.0. The van der Waals surface area contributed by atoms with Gasteiger partial charge in [0.25, 0.3) is 0 Å². The van der Waals surface area contributed by atoms with Crippen LogP contribution >= 0.6 is 0 Å². The van der Waals surface area contributed by atoms with E-state index in [1.807, 2.05) is 25.1 Å². The summed E-state index contributed by atoms with van der Waals surface area (Å²) < 4.78 is 11.0. The highest BCUT2D eigenvalue weighted by atomic mass is 16.6. The van der Waals surface area contributed by atoms with E-state index in [4.69, 9.17) is 20.9 Å². The molecule has 1 aromatic carbocycles. The molecule has 1 aliphatic rings. The van der Waals surface area contributed by atoms with Gasteiger partial charge in [-0.15, -0.1) is 0 Å². The fourth-order valence-electron chi connectivity index (χ4n) is 3.86. The number of aromatic nitrogens is 1. The Labute approximate surface area is 169 Å². The van der Waals surface area contributed by atoms with Gasteiger partial charge in [-0.25, -0.2) is 4.98 Å². The first-order chi connectivity index (χ1) is 13.9. The average Bonchev–Trinajstić information content (AvgIpc) is 2.68. The van der Waals surface area contributed by atoms with Gasteiger partial charge >= 0.3 is 5.69 Å². The van der Waals surface area contributed by atoms with Crippen LogP contribution in [0, 0.1) is 10.1 Å². The van der Waals surface area contributed by atoms with E-state index < -0.39 is 4.92 Å². The highest BCUT2D eigenvalue weighted by Gasteiger charge is 2.29. The van der Waals surface area contributed by atoms with Gasteiger partial charge in [0.05, 0.1) is 18.6 Å². The normalized spacial score (nSPS) is 15.2. The first-order valence-corrected chi connectivity index (χ1v) is 9.65. The van der Waals surface area contributed by atoms with Crippen molar-refractivity contribution in [2.45, 2.75) is 32.2 Å². The van der Waals surface area contributed by atoms with Gasteiger partial charge in [0, 0.05) is 12.1 Å². The summed E-state index contributed by atoms with van der Waals surface area (Å²) in [5.74, 6) is 1.59. The number of nitrogen functional groups attached to an aromatic ring is 2. The summed E-state index contributed by atoms with van der Waals surface area (Å²) in [5.41, 5.74) is 13.1. The van der Waals surface area contributed by atoms with Gasteiger partial charge in [-0.2, -0.15) is 0 Å². The Morgan fingerprint density at radius 2 is 1.97 bits per heavy atom. The van der Waals surface area contributed by atoms with E-state index in [2.05, 4.69) is 9.88 Å². The summed E-state index contributed by atoms with van der Waals surface area (Å²) in [5, 5.41) is 11.5. The molecule has 0 aliphatic carbocycles. The van der Waals surface area contributed by atoms with Crippen LogP contribution in [0.3, 0.4) is 0 Å². The summed E-state index contributed by atoms with van der Waals surface area (Å²) >= 11 is 0. The quantitative estimate of drug-likeness (QED) is 0.535. The topological polar surface area (TPSA) is 130 Å². The zero-order valence-corrected chi connectivity index (χ0v) is 16.8. The second-order valence-electron chi connectivity index (χ2n) is 7.10. The van der Waals surface area contributed by atoms with E-state index in [-0.39, 0.29) is 23.2 Å². The minimum absolute atomic E-state index is 0.0362. The van der Waals surface area contributed by atoms with Crippen molar-refractivity contribution < 1.29 is 14.4 Å². The van der Waals surface area contributed by atoms with Crippen molar-refractivity contribution >= 4 is 17.3 Å². The number of pyridine rings is 1. The second-order valence-corrected chi connectivity index (χ2v) is 7.10. The third-order valence-electron chi connectivity index (χ3n) is 5.21. The lowest BCUT2D eigenvalue weighted by Gasteiger charge is -2.32. The molecule has 1 aromatic heterocycles. The Hall–Kier alpha value is -3.07. The standard InChI is InChI=1S/C20H27N5O4/c1-3-29-17-10-13(4-5-16(17)28-2)12-24-8-6-14(7-9-24)15-11-18(21)23-20(22)19(15)25(26)27/h4-5,10-11,14H,3,6-9,12H2,1-2H3,(H4,21,22,23). The Morgan fingerprint density at radius 3 is 2.59 bits per heavy atom. The molecule has 1 fully saturated rings. The molecule has 156 valence electrons. The molecular weight excluding hydrogens is 374 g/mol. The number of rotatable bonds is 7. The molecule has 0 spiro atoms. The van der Waals surface area contributed by atoms with Crippen LogP contribution in [0.5, 0.6) is 11.5 Å². The number of nitro groups is 1. The molecule has 2 aromatic rings. The molecule has 29 heavy (non-hydrogen) atoms. The summed E-state index contributed by atoms with van der Waals surface area (Å²) in [6.45, 7) is 4.93. The molecule has 1 saturated heterocycles. The molecule has 0 saturated carbocycles. The summed E-state index contributed by atoms with van der Waals surface area (Å²) in [6, 6.07) is 7.54. The fraction of sp³-hybridized carbons (Fsp3) is 0.450. The average molecular weight is 401 g/mol. The highest BCUT2D eigenvalue weighted by Crippen LogP contribution is 2.38. The number of hydrogen-bond donors (Lipinski definition) is 2. The van der Waals surface area contributed by atoms with Crippen molar-refractivity contribution in [3.05, 3.63) is 45.5 Å². The number of hydrogen-bond acceptors (Lipinski definition) is 8. The third kappa shape index (κ3) is 4.68. The summed E-state index contributed by atoms with van der Waals surface area (Å²) in [7, 11) is 1.63. The fourth-order valence-corrected chi connectivity index (χ4v) is 3.86. The number of anilines is 2. The largest absolute Gasteiger partial charge is 0.493 e. The number of methoxy groups -OCH3 is 1. The van der Waals surface area contributed by atoms with Gasteiger partial charge in [0.2, 0.25) is 5.82 Å². The first kappa shape index (κ1) is 20.7. The van der Waals surface area contributed by atoms with Gasteiger partial charge in [-0.05, 0) is 62.5 Å². The molecule has 2 heterocycles. The summed E-state index contributed by atoms with van der Waals surface area (Å²) in [4.78, 5) is 17.2. The van der Waals surface area contributed by atoms with Gasteiger partial charge in [0.1, 0.15) is 5.82 Å². The minimum Gasteiger partial charge on any atom is -0.493 e. The van der Waals surface area contributed by atoms with E-state index >= 15 is 0 Å². The third-order valence-corrected chi connectivity index (χ3v) is 5.21. The smallest absolute Gasteiger partial charge is 0.314 e. The maximum atomic E-state index is 11.5. The van der Waals surface area contributed by atoms with Crippen LogP contribution in [-0.2, 0) is 6.54 Å².